The Morgan fingerprint density at radius 1 is 1.12 bits per heavy atom. The summed E-state index contributed by atoms with van der Waals surface area (Å²) in [5, 5.41) is 3.10. The van der Waals surface area contributed by atoms with Gasteiger partial charge in [0.2, 0.25) is 0 Å². The predicted octanol–water partition coefficient (Wildman–Crippen LogP) is 2.42. The number of hydrogen-bond acceptors (Lipinski definition) is 3. The number of nitrogens with one attached hydrogen (secondary N) is 1. The van der Waals surface area contributed by atoms with Gasteiger partial charge in [-0.2, -0.15) is 0 Å². The molecule has 16 heavy (non-hydrogen) atoms. The van der Waals surface area contributed by atoms with E-state index in [-0.39, 0.29) is 0 Å². The van der Waals surface area contributed by atoms with Gasteiger partial charge in [0.25, 0.3) is 0 Å². The minimum Gasteiger partial charge on any atom is -0.388 e. The molecule has 0 atom stereocenters. The maximum absolute atomic E-state index is 4.25. The summed E-state index contributed by atoms with van der Waals surface area (Å²) < 4.78 is 0. The second-order valence-electron chi connectivity index (χ2n) is 3.77. The molecule has 0 saturated carbocycles. The SMILES string of the molecule is CNc1ccc(Cc2cc(C)ncn2)cc1. The fourth-order valence-corrected chi connectivity index (χ4v) is 1.60. The molecule has 0 amide bonds. The Labute approximate surface area is 95.6 Å². The molecule has 3 heteroatoms. The Morgan fingerprint density at radius 3 is 2.50 bits per heavy atom. The molecule has 1 N–H and O–H groups in total. The summed E-state index contributed by atoms with van der Waals surface area (Å²) in [6.45, 7) is 1.98. The fourth-order valence-electron chi connectivity index (χ4n) is 1.60. The van der Waals surface area contributed by atoms with E-state index in [1.165, 1.54) is 5.56 Å². The van der Waals surface area contributed by atoms with Crippen molar-refractivity contribution >= 4 is 5.69 Å². The van der Waals surface area contributed by atoms with Crippen LogP contribution in [-0.4, -0.2) is 17.0 Å². The number of anilines is 1. The van der Waals surface area contributed by atoms with Gasteiger partial charge in [-0.15, -0.1) is 0 Å². The molecule has 3 nitrogen and oxygen atoms in total. The van der Waals surface area contributed by atoms with E-state index in [9.17, 15) is 0 Å². The molecule has 2 rings (SSSR count). The minimum absolute atomic E-state index is 0.855. The lowest BCUT2D eigenvalue weighted by molar-refractivity contribution is 0.998. The number of aryl methyl sites for hydroxylation is 1. The zero-order valence-electron chi connectivity index (χ0n) is 9.57. The second-order valence-corrected chi connectivity index (χ2v) is 3.77. The highest BCUT2D eigenvalue weighted by atomic mass is 14.8. The molecule has 0 aliphatic carbocycles. The van der Waals surface area contributed by atoms with Crippen molar-refractivity contribution in [2.24, 2.45) is 0 Å². The van der Waals surface area contributed by atoms with Crippen LogP contribution in [0.1, 0.15) is 17.0 Å². The van der Waals surface area contributed by atoms with Crippen molar-refractivity contribution in [3.63, 3.8) is 0 Å². The van der Waals surface area contributed by atoms with E-state index >= 15 is 0 Å². The van der Waals surface area contributed by atoms with Crippen molar-refractivity contribution in [1.29, 1.82) is 0 Å². The lowest BCUT2D eigenvalue weighted by Crippen LogP contribution is -1.95. The predicted molar refractivity (Wildman–Crippen MR) is 65.6 cm³/mol. The van der Waals surface area contributed by atoms with Gasteiger partial charge >= 0.3 is 0 Å². The highest BCUT2D eigenvalue weighted by Gasteiger charge is 1.98. The quantitative estimate of drug-likeness (QED) is 0.850. The Kier molecular flexibility index (Phi) is 3.15. The molecule has 0 aliphatic rings. The number of benzene rings is 1. The van der Waals surface area contributed by atoms with Crippen LogP contribution < -0.4 is 5.32 Å². The average molecular weight is 213 g/mol. The summed E-state index contributed by atoms with van der Waals surface area (Å²) in [5.41, 5.74) is 4.46. The van der Waals surface area contributed by atoms with Gasteiger partial charge in [-0.05, 0) is 30.7 Å². The zero-order valence-corrected chi connectivity index (χ0v) is 9.57. The first-order valence-corrected chi connectivity index (χ1v) is 5.32. The van der Waals surface area contributed by atoms with E-state index < -0.39 is 0 Å². The molecule has 0 spiro atoms. The molecular weight excluding hydrogens is 198 g/mol. The van der Waals surface area contributed by atoms with Crippen molar-refractivity contribution in [1.82, 2.24) is 9.97 Å². The van der Waals surface area contributed by atoms with Gasteiger partial charge in [0.05, 0.1) is 0 Å². The van der Waals surface area contributed by atoms with Gasteiger partial charge in [-0.3, -0.25) is 0 Å². The van der Waals surface area contributed by atoms with Crippen LogP contribution in [0.3, 0.4) is 0 Å². The Bertz CT molecular complexity index is 463. The summed E-state index contributed by atoms with van der Waals surface area (Å²) >= 11 is 0. The third-order valence-corrected chi connectivity index (χ3v) is 2.49. The zero-order chi connectivity index (χ0) is 11.4. The van der Waals surface area contributed by atoms with Gasteiger partial charge in [0.1, 0.15) is 6.33 Å². The topological polar surface area (TPSA) is 37.8 Å². The normalized spacial score (nSPS) is 10.1. The van der Waals surface area contributed by atoms with Crippen molar-refractivity contribution in [2.75, 3.05) is 12.4 Å². The summed E-state index contributed by atoms with van der Waals surface area (Å²) in [6.07, 6.45) is 2.47. The van der Waals surface area contributed by atoms with Crippen LogP contribution in [0.4, 0.5) is 5.69 Å². The highest BCUT2D eigenvalue weighted by Crippen LogP contribution is 2.12. The molecule has 0 saturated heterocycles. The Hall–Kier alpha value is -1.90. The minimum atomic E-state index is 0.855. The fraction of sp³-hybridized carbons (Fsp3) is 0.231. The first kappa shape index (κ1) is 10.6. The third kappa shape index (κ3) is 2.57. The van der Waals surface area contributed by atoms with Gasteiger partial charge in [-0.1, -0.05) is 12.1 Å². The number of nitrogens with zero attached hydrogens (tertiary/aromatic N) is 2. The third-order valence-electron chi connectivity index (χ3n) is 2.49. The molecule has 0 aliphatic heterocycles. The molecule has 1 heterocycles. The molecule has 1 aromatic carbocycles. The molecule has 82 valence electrons. The van der Waals surface area contributed by atoms with Crippen LogP contribution in [0, 0.1) is 6.92 Å². The largest absolute Gasteiger partial charge is 0.388 e. The lowest BCUT2D eigenvalue weighted by Gasteiger charge is -2.03. The monoisotopic (exact) mass is 213 g/mol. The van der Waals surface area contributed by atoms with E-state index in [0.717, 1.165) is 23.5 Å². The molecular formula is C13H15N3. The van der Waals surface area contributed by atoms with Crippen molar-refractivity contribution in [3.8, 4) is 0 Å². The number of rotatable bonds is 3. The first-order chi connectivity index (χ1) is 7.78. The Morgan fingerprint density at radius 2 is 1.88 bits per heavy atom. The maximum Gasteiger partial charge on any atom is 0.115 e. The van der Waals surface area contributed by atoms with E-state index in [1.807, 2.05) is 20.0 Å². The average Bonchev–Trinajstić information content (AvgIpc) is 2.30. The molecule has 1 aromatic heterocycles. The highest BCUT2D eigenvalue weighted by molar-refractivity contribution is 5.44. The van der Waals surface area contributed by atoms with E-state index in [1.54, 1.807) is 6.33 Å². The van der Waals surface area contributed by atoms with Gasteiger partial charge in [0.15, 0.2) is 0 Å². The smallest absolute Gasteiger partial charge is 0.115 e. The summed E-state index contributed by atoms with van der Waals surface area (Å²) in [7, 11) is 1.92. The summed E-state index contributed by atoms with van der Waals surface area (Å²) in [4.78, 5) is 8.34. The number of hydrogen-bond donors (Lipinski definition) is 1. The summed E-state index contributed by atoms with van der Waals surface area (Å²) in [6, 6.07) is 10.4. The maximum atomic E-state index is 4.25. The van der Waals surface area contributed by atoms with Crippen LogP contribution in [0.25, 0.3) is 0 Å². The van der Waals surface area contributed by atoms with E-state index in [2.05, 4.69) is 39.6 Å². The molecule has 0 unspecified atom stereocenters. The van der Waals surface area contributed by atoms with Crippen molar-refractivity contribution in [3.05, 3.63) is 53.6 Å². The van der Waals surface area contributed by atoms with E-state index in [0.29, 0.717) is 0 Å². The molecule has 0 fully saturated rings. The molecule has 0 bridgehead atoms. The second kappa shape index (κ2) is 4.75. The lowest BCUT2D eigenvalue weighted by atomic mass is 10.1. The molecule has 0 radical (unpaired) electrons. The van der Waals surface area contributed by atoms with E-state index in [4.69, 9.17) is 0 Å². The van der Waals surface area contributed by atoms with Gasteiger partial charge in [-0.25, -0.2) is 9.97 Å². The van der Waals surface area contributed by atoms with Crippen LogP contribution in [0.5, 0.6) is 0 Å². The van der Waals surface area contributed by atoms with Crippen molar-refractivity contribution in [2.45, 2.75) is 13.3 Å². The Balaban J connectivity index is 2.14. The van der Waals surface area contributed by atoms with Crippen LogP contribution >= 0.6 is 0 Å². The van der Waals surface area contributed by atoms with Crippen LogP contribution in [0.2, 0.25) is 0 Å². The van der Waals surface area contributed by atoms with Crippen LogP contribution in [-0.2, 0) is 6.42 Å². The van der Waals surface area contributed by atoms with Gasteiger partial charge in [0, 0.05) is 30.5 Å². The molecule has 2 aromatic rings. The number of aromatic nitrogens is 2. The van der Waals surface area contributed by atoms with Crippen LogP contribution in [0.15, 0.2) is 36.7 Å². The van der Waals surface area contributed by atoms with Gasteiger partial charge < -0.3 is 5.32 Å². The van der Waals surface area contributed by atoms with Crippen molar-refractivity contribution < 1.29 is 0 Å². The first-order valence-electron chi connectivity index (χ1n) is 5.32. The standard InChI is InChI=1S/C13H15N3/c1-10-7-13(16-9-15-10)8-11-3-5-12(14-2)6-4-11/h3-7,9,14H,8H2,1-2H3. The summed E-state index contributed by atoms with van der Waals surface area (Å²) in [5.74, 6) is 0.